The van der Waals surface area contributed by atoms with E-state index >= 15 is 0 Å². The largest absolute Gasteiger partial charge is 0.465 e. The summed E-state index contributed by atoms with van der Waals surface area (Å²) in [6.07, 6.45) is 0.524. The Labute approximate surface area is 152 Å². The Morgan fingerprint density at radius 2 is 2.04 bits per heavy atom. The van der Waals surface area contributed by atoms with Crippen molar-refractivity contribution in [1.82, 2.24) is 0 Å². The fourth-order valence-corrected chi connectivity index (χ4v) is 4.19. The number of benzene rings is 2. The lowest BCUT2D eigenvalue weighted by atomic mass is 9.76. The van der Waals surface area contributed by atoms with Crippen molar-refractivity contribution in [2.24, 2.45) is 10.2 Å². The summed E-state index contributed by atoms with van der Waals surface area (Å²) < 4.78 is 4.95. The minimum Gasteiger partial charge on any atom is -0.465 e. The highest BCUT2D eigenvalue weighted by Gasteiger charge is 2.55. The lowest BCUT2D eigenvalue weighted by molar-refractivity contribution is 0.0597. The van der Waals surface area contributed by atoms with Gasteiger partial charge in [-0.2, -0.15) is 10.2 Å². The number of carbonyl (C=O) groups is 2. The normalized spacial score (nSPS) is 23.5. The molecule has 2 atom stereocenters. The molecule has 0 radical (unpaired) electrons. The SMILES string of the molecule is COC(=O)c1ccc(C)cc1[C@H]1CN=N[C@@]12Cc1c(C)cccc1C2=O. The van der Waals surface area contributed by atoms with E-state index in [9.17, 15) is 9.59 Å². The Morgan fingerprint density at radius 3 is 2.77 bits per heavy atom. The summed E-state index contributed by atoms with van der Waals surface area (Å²) in [6.45, 7) is 4.38. The molecule has 132 valence electrons. The molecule has 0 amide bonds. The molecule has 0 unspecified atom stereocenters. The number of carbonyl (C=O) groups excluding carboxylic acids is 2. The highest BCUT2D eigenvalue weighted by molar-refractivity contribution is 6.09. The Morgan fingerprint density at radius 1 is 1.23 bits per heavy atom. The third-order valence-corrected chi connectivity index (χ3v) is 5.57. The highest BCUT2D eigenvalue weighted by atomic mass is 16.5. The molecular formula is C21H20N2O3. The van der Waals surface area contributed by atoms with Crippen LogP contribution in [-0.4, -0.2) is 30.9 Å². The molecule has 1 spiro atoms. The summed E-state index contributed by atoms with van der Waals surface area (Å²) in [4.78, 5) is 25.6. The van der Waals surface area contributed by atoms with Gasteiger partial charge in [0.1, 0.15) is 0 Å². The summed E-state index contributed by atoms with van der Waals surface area (Å²) in [7, 11) is 1.37. The van der Waals surface area contributed by atoms with Gasteiger partial charge in [0.2, 0.25) is 0 Å². The van der Waals surface area contributed by atoms with E-state index in [1.165, 1.54) is 7.11 Å². The molecule has 1 heterocycles. The fraction of sp³-hybridized carbons (Fsp3) is 0.333. The predicted octanol–water partition coefficient (Wildman–Crippen LogP) is 3.82. The topological polar surface area (TPSA) is 68.1 Å². The second kappa shape index (κ2) is 5.87. The molecule has 5 nitrogen and oxygen atoms in total. The van der Waals surface area contributed by atoms with Crippen LogP contribution < -0.4 is 0 Å². The number of hydrogen-bond donors (Lipinski definition) is 0. The number of hydrogen-bond acceptors (Lipinski definition) is 5. The van der Waals surface area contributed by atoms with Crippen LogP contribution in [0.25, 0.3) is 0 Å². The minimum absolute atomic E-state index is 0.000211. The van der Waals surface area contributed by atoms with Crippen molar-refractivity contribution in [2.45, 2.75) is 31.7 Å². The lowest BCUT2D eigenvalue weighted by Crippen LogP contribution is -2.39. The van der Waals surface area contributed by atoms with E-state index in [0.29, 0.717) is 18.5 Å². The van der Waals surface area contributed by atoms with Gasteiger partial charge in [-0.05, 0) is 36.6 Å². The molecule has 0 fully saturated rings. The summed E-state index contributed by atoms with van der Waals surface area (Å²) in [5.74, 6) is -0.670. The molecule has 5 heteroatoms. The molecule has 1 aliphatic heterocycles. The fourth-order valence-electron chi connectivity index (χ4n) is 4.19. The van der Waals surface area contributed by atoms with Crippen LogP contribution in [0.5, 0.6) is 0 Å². The Kier molecular flexibility index (Phi) is 3.75. The van der Waals surface area contributed by atoms with E-state index in [0.717, 1.165) is 27.8 Å². The van der Waals surface area contributed by atoms with Gasteiger partial charge in [0.25, 0.3) is 0 Å². The molecule has 1 aliphatic carbocycles. The van der Waals surface area contributed by atoms with Gasteiger partial charge in [-0.25, -0.2) is 4.79 Å². The van der Waals surface area contributed by atoms with Gasteiger partial charge in [0.15, 0.2) is 11.3 Å². The molecule has 0 saturated heterocycles. The van der Waals surface area contributed by atoms with Crippen LogP contribution in [0.15, 0.2) is 46.6 Å². The highest BCUT2D eigenvalue weighted by Crippen LogP contribution is 2.48. The van der Waals surface area contributed by atoms with Crippen LogP contribution in [0, 0.1) is 13.8 Å². The number of methoxy groups -OCH3 is 1. The molecule has 26 heavy (non-hydrogen) atoms. The number of rotatable bonds is 2. The second-order valence-corrected chi connectivity index (χ2v) is 7.09. The van der Waals surface area contributed by atoms with Crippen LogP contribution in [0.1, 0.15) is 48.9 Å². The van der Waals surface area contributed by atoms with Crippen LogP contribution in [0.2, 0.25) is 0 Å². The van der Waals surface area contributed by atoms with Crippen LogP contribution in [0.4, 0.5) is 0 Å². The summed E-state index contributed by atoms with van der Waals surface area (Å²) in [6, 6.07) is 11.4. The van der Waals surface area contributed by atoms with E-state index in [2.05, 4.69) is 10.2 Å². The van der Waals surface area contributed by atoms with Crippen LogP contribution in [-0.2, 0) is 11.2 Å². The van der Waals surface area contributed by atoms with Crippen molar-refractivity contribution >= 4 is 11.8 Å². The van der Waals surface area contributed by atoms with E-state index < -0.39 is 11.5 Å². The van der Waals surface area contributed by atoms with Crippen LogP contribution >= 0.6 is 0 Å². The number of ether oxygens (including phenoxy) is 1. The first-order valence-corrected chi connectivity index (χ1v) is 8.69. The van der Waals surface area contributed by atoms with Gasteiger partial charge in [0.05, 0.1) is 19.2 Å². The summed E-state index contributed by atoms with van der Waals surface area (Å²) in [5.41, 5.74) is 4.19. The monoisotopic (exact) mass is 348 g/mol. The zero-order chi connectivity index (χ0) is 18.5. The van der Waals surface area contributed by atoms with Crippen molar-refractivity contribution in [3.8, 4) is 0 Å². The molecule has 0 N–H and O–H groups in total. The first-order valence-electron chi connectivity index (χ1n) is 8.69. The minimum atomic E-state index is -0.953. The molecule has 0 bridgehead atoms. The average Bonchev–Trinajstić information content (AvgIpc) is 3.18. The number of esters is 1. The molecule has 2 aromatic rings. The zero-order valence-corrected chi connectivity index (χ0v) is 15.1. The van der Waals surface area contributed by atoms with Crippen molar-refractivity contribution < 1.29 is 14.3 Å². The molecule has 2 aliphatic rings. The van der Waals surface area contributed by atoms with Gasteiger partial charge < -0.3 is 4.74 Å². The maximum absolute atomic E-state index is 13.3. The Hall–Kier alpha value is -2.82. The number of nitrogens with zero attached hydrogens (tertiary/aromatic N) is 2. The number of Topliss-reactive ketones (excluding diaryl/α,β-unsaturated/α-hetero) is 1. The maximum Gasteiger partial charge on any atom is 0.338 e. The average molecular weight is 348 g/mol. The molecular weight excluding hydrogens is 328 g/mol. The number of azo groups is 1. The summed E-state index contributed by atoms with van der Waals surface area (Å²) >= 11 is 0. The third-order valence-electron chi connectivity index (χ3n) is 5.57. The van der Waals surface area contributed by atoms with Crippen molar-refractivity contribution in [3.63, 3.8) is 0 Å². The van der Waals surface area contributed by atoms with Crippen molar-refractivity contribution in [2.75, 3.05) is 13.7 Å². The smallest absolute Gasteiger partial charge is 0.338 e. The lowest BCUT2D eigenvalue weighted by Gasteiger charge is -2.27. The number of aryl methyl sites for hydroxylation is 2. The summed E-state index contributed by atoms with van der Waals surface area (Å²) in [5, 5.41) is 8.69. The maximum atomic E-state index is 13.3. The molecule has 2 aromatic carbocycles. The van der Waals surface area contributed by atoms with E-state index in [-0.39, 0.29) is 11.7 Å². The van der Waals surface area contributed by atoms with Gasteiger partial charge in [-0.15, -0.1) is 0 Å². The van der Waals surface area contributed by atoms with Crippen molar-refractivity contribution in [1.29, 1.82) is 0 Å². The Bertz CT molecular complexity index is 964. The number of fused-ring (bicyclic) bond motifs is 1. The first kappa shape index (κ1) is 16.6. The predicted molar refractivity (Wildman–Crippen MR) is 96.9 cm³/mol. The van der Waals surface area contributed by atoms with Gasteiger partial charge in [-0.3, -0.25) is 4.79 Å². The van der Waals surface area contributed by atoms with Crippen molar-refractivity contribution in [3.05, 3.63) is 69.8 Å². The van der Waals surface area contributed by atoms with Gasteiger partial charge in [-0.1, -0.05) is 35.9 Å². The molecule has 0 saturated carbocycles. The third kappa shape index (κ3) is 2.23. The van der Waals surface area contributed by atoms with Gasteiger partial charge >= 0.3 is 5.97 Å². The van der Waals surface area contributed by atoms with E-state index in [4.69, 9.17) is 4.74 Å². The van der Waals surface area contributed by atoms with Gasteiger partial charge in [0, 0.05) is 17.9 Å². The standard InChI is InChI=1S/C21H20N2O3/c1-12-7-8-15(20(25)26-3)16(9-12)18-11-22-23-21(18)10-17-13(2)5-4-6-14(17)19(21)24/h4-9,18H,10-11H2,1-3H3/t18-,21+/m1/s1. The van der Waals surface area contributed by atoms with E-state index in [1.54, 1.807) is 6.07 Å². The zero-order valence-electron chi connectivity index (χ0n) is 15.1. The molecule has 0 aromatic heterocycles. The molecule has 4 rings (SSSR count). The first-order chi connectivity index (χ1) is 12.5. The number of ketones is 1. The Balaban J connectivity index is 1.86. The second-order valence-electron chi connectivity index (χ2n) is 7.09. The van der Waals surface area contributed by atoms with Crippen LogP contribution in [0.3, 0.4) is 0 Å². The van der Waals surface area contributed by atoms with E-state index in [1.807, 2.05) is 44.2 Å². The quantitative estimate of drug-likeness (QED) is 0.775.